The van der Waals surface area contributed by atoms with Gasteiger partial charge in [-0.25, -0.2) is 13.2 Å². The summed E-state index contributed by atoms with van der Waals surface area (Å²) in [4.78, 5) is 14.0. The predicted molar refractivity (Wildman–Crippen MR) is 181 cm³/mol. The Morgan fingerprint density at radius 1 is 1.08 bits per heavy atom. The molecule has 2 bridgehead atoms. The van der Waals surface area contributed by atoms with Gasteiger partial charge in [-0.15, -0.1) is 6.42 Å². The molecule has 0 amide bonds. The van der Waals surface area contributed by atoms with Crippen LogP contribution < -0.4 is 15.0 Å². The van der Waals surface area contributed by atoms with Crippen LogP contribution >= 0.6 is 0 Å². The molecule has 5 saturated heterocycles. The Labute approximate surface area is 282 Å². The van der Waals surface area contributed by atoms with E-state index in [4.69, 9.17) is 20.9 Å². The molecule has 5 aliphatic rings. The highest BCUT2D eigenvalue weighted by Gasteiger charge is 2.52. The Morgan fingerprint density at radius 2 is 1.98 bits per heavy atom. The maximum Gasteiger partial charge on any atom is 0.319 e. The van der Waals surface area contributed by atoms with E-state index in [2.05, 4.69) is 26.0 Å². The minimum Gasteiger partial charge on any atom is -0.508 e. The fraction of sp³-hybridized carbons (Fsp3) is 0.474. The molecule has 254 valence electrons. The lowest BCUT2D eigenvalue weighted by atomic mass is 9.88. The highest BCUT2D eigenvalue weighted by atomic mass is 19.1. The summed E-state index contributed by atoms with van der Waals surface area (Å²) < 4.78 is 59.2. The van der Waals surface area contributed by atoms with Crippen molar-refractivity contribution in [2.45, 2.75) is 74.3 Å². The number of nitrogens with one attached hydrogen (secondary N) is 1. The standard InChI is InChI=1S/C38H38F3N5O3/c1-2-26-30(40)9-6-22-15-25(47)16-29(32(22)26)27-7-8-28-34(33(27)41)42-36(49-21-37-11-4-13-46(37)18-23(39)17-37)43-35(28)45-19-24-10-12-38(20-45,44-24)31-5-3-14-48-31/h1,6-9,15-16,23-24,31,44,47H,3-5,10-14,17-21H2/t23-,24-,31-,37+,38+/m1/s1. The average molecular weight is 670 g/mol. The van der Waals surface area contributed by atoms with E-state index in [-0.39, 0.29) is 58.3 Å². The van der Waals surface area contributed by atoms with Crippen molar-refractivity contribution in [3.05, 3.63) is 53.6 Å². The number of fused-ring (bicyclic) bond motifs is 5. The van der Waals surface area contributed by atoms with Crippen molar-refractivity contribution in [3.63, 3.8) is 0 Å². The van der Waals surface area contributed by atoms with Crippen LogP contribution in [0.25, 0.3) is 32.8 Å². The topological polar surface area (TPSA) is 83.0 Å². The molecular formula is C38H38F3N5O3. The summed E-state index contributed by atoms with van der Waals surface area (Å²) in [5, 5.41) is 15.8. The molecule has 5 aliphatic heterocycles. The fourth-order valence-corrected chi connectivity index (χ4v) is 9.51. The van der Waals surface area contributed by atoms with Crippen LogP contribution in [0.3, 0.4) is 0 Å². The van der Waals surface area contributed by atoms with E-state index >= 15 is 4.39 Å². The second kappa shape index (κ2) is 11.5. The third kappa shape index (κ3) is 4.94. The molecule has 9 rings (SSSR count). The van der Waals surface area contributed by atoms with E-state index < -0.39 is 23.3 Å². The third-order valence-electron chi connectivity index (χ3n) is 11.7. The highest BCUT2D eigenvalue weighted by molar-refractivity contribution is 6.04. The van der Waals surface area contributed by atoms with Gasteiger partial charge in [0.25, 0.3) is 0 Å². The number of aromatic hydroxyl groups is 1. The number of alkyl halides is 1. The predicted octanol–water partition coefficient (Wildman–Crippen LogP) is 5.86. The number of rotatable bonds is 6. The zero-order valence-electron chi connectivity index (χ0n) is 27.2. The molecule has 8 nitrogen and oxygen atoms in total. The normalized spacial score (nSPS) is 29.6. The zero-order valence-corrected chi connectivity index (χ0v) is 27.2. The van der Waals surface area contributed by atoms with Gasteiger partial charge in [0.1, 0.15) is 35.7 Å². The van der Waals surface area contributed by atoms with Gasteiger partial charge in [0, 0.05) is 55.0 Å². The number of benzene rings is 3. The van der Waals surface area contributed by atoms with E-state index in [0.29, 0.717) is 48.0 Å². The van der Waals surface area contributed by atoms with E-state index in [1.165, 1.54) is 24.3 Å². The van der Waals surface area contributed by atoms with Gasteiger partial charge in [-0.3, -0.25) is 4.90 Å². The first-order chi connectivity index (χ1) is 23.8. The second-order valence-electron chi connectivity index (χ2n) is 14.6. The lowest BCUT2D eigenvalue weighted by molar-refractivity contribution is 0.0326. The summed E-state index contributed by atoms with van der Waals surface area (Å²) in [6, 6.07) is 9.27. The Balaban J connectivity index is 1.19. The first-order valence-electron chi connectivity index (χ1n) is 17.3. The quantitative estimate of drug-likeness (QED) is 0.247. The number of piperazine rings is 1. The molecular weight excluding hydrogens is 631 g/mol. The van der Waals surface area contributed by atoms with Crippen molar-refractivity contribution in [2.75, 3.05) is 44.3 Å². The van der Waals surface area contributed by atoms with Crippen LogP contribution in [-0.2, 0) is 4.74 Å². The summed E-state index contributed by atoms with van der Waals surface area (Å²) in [5.74, 6) is 1.59. The summed E-state index contributed by atoms with van der Waals surface area (Å²) in [7, 11) is 0. The lowest BCUT2D eigenvalue weighted by Crippen LogP contribution is -2.65. The minimum atomic E-state index is -0.919. The first-order valence-corrected chi connectivity index (χ1v) is 17.3. The van der Waals surface area contributed by atoms with Crippen molar-refractivity contribution in [1.29, 1.82) is 0 Å². The summed E-state index contributed by atoms with van der Waals surface area (Å²) in [5.41, 5.74) is -0.290. The SMILES string of the molecule is C#Cc1c(F)ccc2cc(O)cc(-c3ccc4c(N5C[C@H]6CC[C@@]([C@H]7CCCO7)(C5)N6)nc(OC[C@@]56CCCN5C[C@H](F)C6)nc4c3F)c12. The summed E-state index contributed by atoms with van der Waals surface area (Å²) >= 11 is 0. The maximum atomic E-state index is 17.1. The Bertz CT molecular complexity index is 2030. The lowest BCUT2D eigenvalue weighted by Gasteiger charge is -2.45. The molecule has 0 spiro atoms. The molecule has 0 unspecified atom stereocenters. The summed E-state index contributed by atoms with van der Waals surface area (Å²) in [6.07, 6.45) is 11.0. The van der Waals surface area contributed by atoms with E-state index in [1.54, 1.807) is 12.1 Å². The van der Waals surface area contributed by atoms with Crippen LogP contribution in [0.2, 0.25) is 0 Å². The highest BCUT2D eigenvalue weighted by Crippen LogP contribution is 2.44. The van der Waals surface area contributed by atoms with Gasteiger partial charge in [-0.2, -0.15) is 9.97 Å². The van der Waals surface area contributed by atoms with Crippen LogP contribution in [0.1, 0.15) is 50.5 Å². The van der Waals surface area contributed by atoms with Crippen molar-refractivity contribution >= 4 is 27.5 Å². The Hall–Kier alpha value is -4.11. The number of nitrogens with zero attached hydrogens (tertiary/aromatic N) is 4. The minimum absolute atomic E-state index is 0.0155. The smallest absolute Gasteiger partial charge is 0.319 e. The number of anilines is 1. The molecule has 0 radical (unpaired) electrons. The van der Waals surface area contributed by atoms with Gasteiger partial charge in [0.05, 0.1) is 22.7 Å². The molecule has 11 heteroatoms. The van der Waals surface area contributed by atoms with Crippen molar-refractivity contribution in [3.8, 4) is 35.2 Å². The van der Waals surface area contributed by atoms with Gasteiger partial charge in [-0.05, 0) is 80.3 Å². The van der Waals surface area contributed by atoms with Crippen molar-refractivity contribution < 1.29 is 27.8 Å². The largest absolute Gasteiger partial charge is 0.508 e. The molecule has 1 aromatic heterocycles. The molecule has 2 N–H and O–H groups in total. The van der Waals surface area contributed by atoms with Crippen molar-refractivity contribution in [1.82, 2.24) is 20.2 Å². The van der Waals surface area contributed by atoms with Gasteiger partial charge in [0.2, 0.25) is 0 Å². The molecule has 5 fully saturated rings. The van der Waals surface area contributed by atoms with Gasteiger partial charge >= 0.3 is 6.01 Å². The molecule has 3 aromatic carbocycles. The number of terminal acetylenes is 1. The van der Waals surface area contributed by atoms with Gasteiger partial charge in [0.15, 0.2) is 5.82 Å². The first kappa shape index (κ1) is 30.9. The zero-order chi connectivity index (χ0) is 33.5. The monoisotopic (exact) mass is 669 g/mol. The Kier molecular flexibility index (Phi) is 7.24. The molecule has 49 heavy (non-hydrogen) atoms. The average Bonchev–Trinajstić information content (AvgIpc) is 3.88. The maximum absolute atomic E-state index is 17.1. The van der Waals surface area contributed by atoms with Gasteiger partial charge in [-0.1, -0.05) is 18.1 Å². The van der Waals surface area contributed by atoms with Gasteiger partial charge < -0.3 is 24.8 Å². The number of aromatic nitrogens is 2. The van der Waals surface area contributed by atoms with E-state index in [1.807, 2.05) is 0 Å². The molecule has 5 atom stereocenters. The number of halogens is 3. The van der Waals surface area contributed by atoms with Crippen LogP contribution in [0.15, 0.2) is 36.4 Å². The van der Waals surface area contributed by atoms with Crippen LogP contribution in [0.5, 0.6) is 11.8 Å². The van der Waals surface area contributed by atoms with E-state index in [0.717, 1.165) is 51.7 Å². The second-order valence-corrected chi connectivity index (χ2v) is 14.6. The number of hydrogen-bond acceptors (Lipinski definition) is 8. The number of hydrogen-bond donors (Lipinski definition) is 2. The van der Waals surface area contributed by atoms with Crippen molar-refractivity contribution in [2.24, 2.45) is 0 Å². The van der Waals surface area contributed by atoms with Crippen LogP contribution in [0.4, 0.5) is 19.0 Å². The third-order valence-corrected chi connectivity index (χ3v) is 11.7. The molecule has 0 aliphatic carbocycles. The number of phenols is 1. The van der Waals surface area contributed by atoms with Crippen LogP contribution in [-0.4, -0.2) is 88.8 Å². The fourth-order valence-electron chi connectivity index (χ4n) is 9.51. The molecule has 6 heterocycles. The Morgan fingerprint density at radius 3 is 2.82 bits per heavy atom. The molecule has 0 saturated carbocycles. The summed E-state index contributed by atoms with van der Waals surface area (Å²) in [6.45, 7) is 3.45. The number of ether oxygens (including phenoxy) is 2. The van der Waals surface area contributed by atoms with E-state index in [9.17, 15) is 13.9 Å². The van der Waals surface area contributed by atoms with Crippen LogP contribution in [0, 0.1) is 24.0 Å². The number of phenolic OH excluding ortho intramolecular Hbond substituents is 1. The molecule has 4 aromatic rings.